The molecule has 1 fully saturated rings. The SMILES string of the molecule is CCCCCOc1ccc(C(O)CCCCCN2CCC(C(c3ccccc3)c3ccccc3)CC2)cc1. The molecule has 1 N–H and O–H groups in total. The van der Waals surface area contributed by atoms with Crippen molar-refractivity contribution in [3.05, 3.63) is 102 Å². The number of hydrogen-bond donors (Lipinski definition) is 1. The summed E-state index contributed by atoms with van der Waals surface area (Å²) in [5.41, 5.74) is 3.90. The summed E-state index contributed by atoms with van der Waals surface area (Å²) in [7, 11) is 0. The fourth-order valence-electron chi connectivity index (χ4n) is 5.91. The summed E-state index contributed by atoms with van der Waals surface area (Å²) in [5, 5.41) is 10.6. The van der Waals surface area contributed by atoms with Crippen LogP contribution in [0.3, 0.4) is 0 Å². The van der Waals surface area contributed by atoms with Crippen LogP contribution >= 0.6 is 0 Å². The van der Waals surface area contributed by atoms with Crippen LogP contribution in [0.4, 0.5) is 0 Å². The summed E-state index contributed by atoms with van der Waals surface area (Å²) in [4.78, 5) is 2.65. The van der Waals surface area contributed by atoms with Crippen molar-refractivity contribution >= 4 is 0 Å². The minimum absolute atomic E-state index is 0.382. The van der Waals surface area contributed by atoms with Gasteiger partial charge in [0, 0.05) is 5.92 Å². The predicted octanol–water partition coefficient (Wildman–Crippen LogP) is 8.39. The molecule has 0 aliphatic carbocycles. The standard InChI is InChI=1S/C35H47NO2/c1-2-3-13-28-38-33-21-19-29(20-22-33)34(37)18-11-6-12-25-36-26-23-32(24-27-36)35(30-14-7-4-8-15-30)31-16-9-5-10-17-31/h4-5,7-10,14-17,19-22,32,34-35,37H,2-3,6,11-13,18,23-28H2,1H3. The third-order valence-corrected chi connectivity index (χ3v) is 8.15. The summed E-state index contributed by atoms with van der Waals surface area (Å²) >= 11 is 0. The van der Waals surface area contributed by atoms with Gasteiger partial charge in [0.2, 0.25) is 0 Å². The molecule has 0 bridgehead atoms. The Labute approximate surface area is 230 Å². The smallest absolute Gasteiger partial charge is 0.119 e. The number of aliphatic hydroxyl groups excluding tert-OH is 1. The highest BCUT2D eigenvalue weighted by Gasteiger charge is 2.28. The first-order valence-corrected chi connectivity index (χ1v) is 15.0. The summed E-state index contributed by atoms with van der Waals surface area (Å²) in [6, 6.07) is 30.2. The monoisotopic (exact) mass is 513 g/mol. The van der Waals surface area contributed by atoms with E-state index < -0.39 is 0 Å². The molecule has 1 atom stereocenters. The number of hydrogen-bond acceptors (Lipinski definition) is 3. The Balaban J connectivity index is 1.14. The quantitative estimate of drug-likeness (QED) is 0.207. The van der Waals surface area contributed by atoms with Crippen molar-refractivity contribution in [3.8, 4) is 5.75 Å². The minimum Gasteiger partial charge on any atom is -0.494 e. The number of piperidine rings is 1. The Hall–Kier alpha value is -2.62. The molecule has 1 aliphatic rings. The molecule has 3 nitrogen and oxygen atoms in total. The number of likely N-dealkylation sites (tertiary alicyclic amines) is 1. The number of unbranched alkanes of at least 4 members (excludes halogenated alkanes) is 4. The van der Waals surface area contributed by atoms with Crippen molar-refractivity contribution in [3.63, 3.8) is 0 Å². The molecule has 204 valence electrons. The molecule has 4 rings (SSSR count). The predicted molar refractivity (Wildman–Crippen MR) is 159 cm³/mol. The second-order valence-electron chi connectivity index (χ2n) is 11.0. The number of aliphatic hydroxyl groups is 1. The number of nitrogens with zero attached hydrogens (tertiary/aromatic N) is 1. The zero-order valence-corrected chi connectivity index (χ0v) is 23.3. The van der Waals surface area contributed by atoms with Crippen LogP contribution in [-0.2, 0) is 0 Å². The van der Waals surface area contributed by atoms with Gasteiger partial charge in [-0.25, -0.2) is 0 Å². The summed E-state index contributed by atoms with van der Waals surface area (Å²) in [5.74, 6) is 2.08. The van der Waals surface area contributed by atoms with Gasteiger partial charge in [-0.2, -0.15) is 0 Å². The van der Waals surface area contributed by atoms with E-state index in [1.807, 2.05) is 24.3 Å². The lowest BCUT2D eigenvalue weighted by Crippen LogP contribution is -2.36. The Kier molecular flexibility index (Phi) is 11.7. The number of ether oxygens (including phenoxy) is 1. The lowest BCUT2D eigenvalue weighted by molar-refractivity contribution is 0.157. The lowest BCUT2D eigenvalue weighted by atomic mass is 9.76. The molecule has 3 aromatic rings. The van der Waals surface area contributed by atoms with Crippen molar-refractivity contribution < 1.29 is 9.84 Å². The van der Waals surface area contributed by atoms with Crippen LogP contribution in [0.15, 0.2) is 84.9 Å². The molecule has 0 saturated carbocycles. The van der Waals surface area contributed by atoms with Gasteiger partial charge in [-0.15, -0.1) is 0 Å². The number of rotatable bonds is 15. The van der Waals surface area contributed by atoms with Crippen molar-refractivity contribution in [2.45, 2.75) is 76.7 Å². The molecule has 38 heavy (non-hydrogen) atoms. The maximum atomic E-state index is 10.6. The molecule has 1 saturated heterocycles. The van der Waals surface area contributed by atoms with Gasteiger partial charge in [0.05, 0.1) is 12.7 Å². The molecular weight excluding hydrogens is 466 g/mol. The second-order valence-corrected chi connectivity index (χ2v) is 11.0. The molecule has 3 heteroatoms. The van der Waals surface area contributed by atoms with Crippen LogP contribution in [0.25, 0.3) is 0 Å². The molecule has 0 radical (unpaired) electrons. The average molecular weight is 514 g/mol. The number of benzene rings is 3. The zero-order valence-electron chi connectivity index (χ0n) is 23.3. The highest BCUT2D eigenvalue weighted by molar-refractivity contribution is 5.33. The third kappa shape index (κ3) is 8.71. The van der Waals surface area contributed by atoms with Gasteiger partial charge >= 0.3 is 0 Å². The third-order valence-electron chi connectivity index (χ3n) is 8.15. The van der Waals surface area contributed by atoms with Gasteiger partial charge in [0.25, 0.3) is 0 Å². The normalized spacial score (nSPS) is 15.6. The van der Waals surface area contributed by atoms with E-state index in [0.29, 0.717) is 11.8 Å². The Bertz CT molecular complexity index is 973. The van der Waals surface area contributed by atoms with Crippen molar-refractivity contribution in [2.24, 2.45) is 5.92 Å². The average Bonchev–Trinajstić information content (AvgIpc) is 2.97. The van der Waals surface area contributed by atoms with Gasteiger partial charge in [0.15, 0.2) is 0 Å². The van der Waals surface area contributed by atoms with E-state index in [1.54, 1.807) is 0 Å². The first-order valence-electron chi connectivity index (χ1n) is 15.0. The minimum atomic E-state index is -0.382. The van der Waals surface area contributed by atoms with E-state index in [-0.39, 0.29) is 6.10 Å². The van der Waals surface area contributed by atoms with E-state index in [1.165, 1.54) is 69.3 Å². The topological polar surface area (TPSA) is 32.7 Å². The van der Waals surface area contributed by atoms with E-state index in [2.05, 4.69) is 72.5 Å². The molecule has 1 unspecified atom stereocenters. The highest BCUT2D eigenvalue weighted by Crippen LogP contribution is 2.38. The summed E-state index contributed by atoms with van der Waals surface area (Å²) < 4.78 is 5.79. The first-order chi connectivity index (χ1) is 18.7. The van der Waals surface area contributed by atoms with Gasteiger partial charge in [-0.1, -0.05) is 105 Å². The van der Waals surface area contributed by atoms with Crippen LogP contribution < -0.4 is 4.74 Å². The van der Waals surface area contributed by atoms with Crippen LogP contribution in [-0.4, -0.2) is 36.2 Å². The molecule has 3 aromatic carbocycles. The van der Waals surface area contributed by atoms with Gasteiger partial charge < -0.3 is 14.7 Å². The Morgan fingerprint density at radius 2 is 1.37 bits per heavy atom. The Morgan fingerprint density at radius 1 is 0.737 bits per heavy atom. The molecule has 0 aromatic heterocycles. The molecular formula is C35H47NO2. The largest absolute Gasteiger partial charge is 0.494 e. The summed E-state index contributed by atoms with van der Waals surface area (Å²) in [6.45, 7) is 6.53. The maximum absolute atomic E-state index is 10.6. The first kappa shape index (κ1) is 28.4. The van der Waals surface area contributed by atoms with Crippen LogP contribution in [0, 0.1) is 5.92 Å². The van der Waals surface area contributed by atoms with Crippen molar-refractivity contribution in [2.75, 3.05) is 26.2 Å². The van der Waals surface area contributed by atoms with E-state index in [9.17, 15) is 5.11 Å². The second kappa shape index (κ2) is 15.7. The van der Waals surface area contributed by atoms with Crippen molar-refractivity contribution in [1.29, 1.82) is 0 Å². The van der Waals surface area contributed by atoms with E-state index >= 15 is 0 Å². The van der Waals surface area contributed by atoms with E-state index in [4.69, 9.17) is 4.74 Å². The van der Waals surface area contributed by atoms with Crippen LogP contribution in [0.2, 0.25) is 0 Å². The molecule has 0 spiro atoms. The Morgan fingerprint density at radius 3 is 1.97 bits per heavy atom. The molecule has 0 amide bonds. The molecule has 1 heterocycles. The molecule has 1 aliphatic heterocycles. The highest BCUT2D eigenvalue weighted by atomic mass is 16.5. The van der Waals surface area contributed by atoms with Gasteiger partial charge in [0.1, 0.15) is 5.75 Å². The fraction of sp³-hybridized carbons (Fsp3) is 0.486. The van der Waals surface area contributed by atoms with Crippen LogP contribution in [0.1, 0.15) is 93.4 Å². The van der Waals surface area contributed by atoms with Crippen LogP contribution in [0.5, 0.6) is 5.75 Å². The van der Waals surface area contributed by atoms with Gasteiger partial charge in [-0.3, -0.25) is 0 Å². The van der Waals surface area contributed by atoms with Crippen molar-refractivity contribution in [1.82, 2.24) is 4.90 Å². The fourth-order valence-corrected chi connectivity index (χ4v) is 5.91. The lowest BCUT2D eigenvalue weighted by Gasteiger charge is -2.36. The zero-order chi connectivity index (χ0) is 26.4. The van der Waals surface area contributed by atoms with Gasteiger partial charge in [-0.05, 0) is 86.5 Å². The maximum Gasteiger partial charge on any atom is 0.119 e. The van der Waals surface area contributed by atoms with E-state index in [0.717, 1.165) is 37.2 Å². The summed E-state index contributed by atoms with van der Waals surface area (Å²) in [6.07, 6.45) is 9.92.